The van der Waals surface area contributed by atoms with Crippen molar-refractivity contribution in [1.29, 1.82) is 0 Å². The van der Waals surface area contributed by atoms with Gasteiger partial charge < -0.3 is 15.6 Å². The van der Waals surface area contributed by atoms with Crippen LogP contribution < -0.4 is 26.8 Å². The van der Waals surface area contributed by atoms with Crippen LogP contribution in [-0.4, -0.2) is 16.9 Å². The molecule has 148 valence electrons. The average Bonchev–Trinajstić information content (AvgIpc) is 2.61. The second-order valence-corrected chi connectivity index (χ2v) is 7.15. The van der Waals surface area contributed by atoms with Crippen molar-refractivity contribution < 1.29 is 13.6 Å². The zero-order valence-corrected chi connectivity index (χ0v) is 16.2. The van der Waals surface area contributed by atoms with Gasteiger partial charge >= 0.3 is 0 Å². The van der Waals surface area contributed by atoms with Crippen LogP contribution in [0, 0.1) is 19.9 Å². The first-order valence-electron chi connectivity index (χ1n) is 9.13. The lowest BCUT2D eigenvalue weighted by Gasteiger charge is -2.23. The highest BCUT2D eigenvalue weighted by Gasteiger charge is 2.26. The maximum atomic E-state index is 14.0. The Hall–Kier alpha value is -2.70. The SMILES string of the molecule is CC1=c2c(C)c([C@@H](C)C(=O)N[C@@H](C)C3=C(F)C=C(F)[CH]C3)c(=O)[nH]c2=C[CH]N1. The normalized spacial score (nSPS) is 18.5. The number of pyridine rings is 1. The van der Waals surface area contributed by atoms with E-state index in [1.54, 1.807) is 26.5 Å². The van der Waals surface area contributed by atoms with Gasteiger partial charge in [0.15, 0.2) is 0 Å². The standard InChI is InChI=1S/C21H23F2N3O2/c1-10-18(21(28)26-17-7-8-24-13(4)19(10)17)11(2)20(27)25-12(3)15-6-5-14(22)9-16(15)23/h5,7-9,11-12,24H,6H2,1-4H3,(H,25,27)(H,26,28)/t11-,12+/m1/s1. The summed E-state index contributed by atoms with van der Waals surface area (Å²) in [5.74, 6) is -2.43. The van der Waals surface area contributed by atoms with E-state index in [2.05, 4.69) is 15.6 Å². The molecule has 0 saturated carbocycles. The maximum absolute atomic E-state index is 14.0. The van der Waals surface area contributed by atoms with Crippen LogP contribution in [0.4, 0.5) is 8.78 Å². The van der Waals surface area contributed by atoms with E-state index in [4.69, 9.17) is 0 Å². The number of H-pyrrole nitrogens is 1. The minimum atomic E-state index is -0.737. The fourth-order valence-electron chi connectivity index (χ4n) is 3.73. The number of aromatic amines is 1. The molecule has 1 aromatic heterocycles. The highest BCUT2D eigenvalue weighted by Crippen LogP contribution is 2.27. The number of hydrogen-bond donors (Lipinski definition) is 3. The summed E-state index contributed by atoms with van der Waals surface area (Å²) >= 11 is 0. The number of hydrogen-bond acceptors (Lipinski definition) is 3. The molecule has 0 spiro atoms. The van der Waals surface area contributed by atoms with Gasteiger partial charge in [0.25, 0.3) is 5.56 Å². The molecule has 0 fully saturated rings. The Labute approximate surface area is 161 Å². The Morgan fingerprint density at radius 3 is 2.64 bits per heavy atom. The number of carbonyl (C=O) groups excluding carboxylic acids is 1. The first-order valence-corrected chi connectivity index (χ1v) is 9.13. The van der Waals surface area contributed by atoms with Crippen LogP contribution in [0.1, 0.15) is 44.2 Å². The molecule has 2 aliphatic rings. The lowest BCUT2D eigenvalue weighted by atomic mass is 9.93. The Balaban J connectivity index is 1.91. The van der Waals surface area contributed by atoms with Crippen LogP contribution in [0.2, 0.25) is 0 Å². The molecule has 0 saturated heterocycles. The third-order valence-electron chi connectivity index (χ3n) is 5.26. The lowest BCUT2D eigenvalue weighted by Crippen LogP contribution is -2.46. The molecule has 2 atom stereocenters. The van der Waals surface area contributed by atoms with Crippen molar-refractivity contribution in [2.24, 2.45) is 0 Å². The summed E-state index contributed by atoms with van der Waals surface area (Å²) in [4.78, 5) is 28.2. The third-order valence-corrected chi connectivity index (χ3v) is 5.26. The quantitative estimate of drug-likeness (QED) is 0.736. The zero-order chi connectivity index (χ0) is 20.6. The van der Waals surface area contributed by atoms with Gasteiger partial charge in [-0.15, -0.1) is 0 Å². The largest absolute Gasteiger partial charge is 0.379 e. The molecular formula is C21H23F2N3O2. The van der Waals surface area contributed by atoms with Gasteiger partial charge in [-0.05, 0) is 51.3 Å². The van der Waals surface area contributed by atoms with Gasteiger partial charge in [0, 0.05) is 34.3 Å². The molecule has 0 bridgehead atoms. The van der Waals surface area contributed by atoms with E-state index in [1.807, 2.05) is 13.8 Å². The zero-order valence-electron chi connectivity index (χ0n) is 16.2. The molecule has 1 aliphatic carbocycles. The number of carbonyl (C=O) groups is 1. The molecule has 5 nitrogen and oxygen atoms in total. The maximum Gasteiger partial charge on any atom is 0.252 e. The molecule has 0 unspecified atom stereocenters. The molecule has 3 N–H and O–H groups in total. The minimum absolute atomic E-state index is 0.0919. The number of nitrogens with one attached hydrogen (secondary N) is 3. The number of amides is 1. The average molecular weight is 387 g/mol. The Morgan fingerprint density at radius 1 is 1.25 bits per heavy atom. The summed E-state index contributed by atoms with van der Waals surface area (Å²) in [5.41, 5.74) is 1.96. The molecule has 7 heteroatoms. The van der Waals surface area contributed by atoms with E-state index in [-0.39, 0.29) is 12.0 Å². The lowest BCUT2D eigenvalue weighted by molar-refractivity contribution is -0.122. The van der Waals surface area contributed by atoms with E-state index >= 15 is 0 Å². The van der Waals surface area contributed by atoms with Crippen molar-refractivity contribution >= 4 is 17.7 Å². The minimum Gasteiger partial charge on any atom is -0.379 e. The Kier molecular flexibility index (Phi) is 5.54. The van der Waals surface area contributed by atoms with Crippen molar-refractivity contribution in [3.05, 3.63) is 68.3 Å². The number of aromatic nitrogens is 1. The highest BCUT2D eigenvalue weighted by molar-refractivity contribution is 5.84. The Bertz CT molecular complexity index is 1070. The van der Waals surface area contributed by atoms with Crippen molar-refractivity contribution in [3.63, 3.8) is 0 Å². The predicted molar refractivity (Wildman–Crippen MR) is 104 cm³/mol. The van der Waals surface area contributed by atoms with Crippen molar-refractivity contribution in [3.8, 4) is 0 Å². The van der Waals surface area contributed by atoms with Crippen LogP contribution in [0.3, 0.4) is 0 Å². The summed E-state index contributed by atoms with van der Waals surface area (Å²) in [6.07, 6.45) is 3.94. The fourth-order valence-corrected chi connectivity index (χ4v) is 3.73. The second kappa shape index (κ2) is 7.73. The molecule has 0 aromatic carbocycles. The number of allylic oxidation sites excluding steroid dienone is 3. The smallest absolute Gasteiger partial charge is 0.252 e. The van der Waals surface area contributed by atoms with E-state index in [1.165, 1.54) is 6.42 Å². The molecule has 1 amide bonds. The van der Waals surface area contributed by atoms with Crippen LogP contribution >= 0.6 is 0 Å². The summed E-state index contributed by atoms with van der Waals surface area (Å²) in [6.45, 7) is 8.73. The topological polar surface area (TPSA) is 74.0 Å². The molecule has 2 radical (unpaired) electrons. The molecule has 1 aromatic rings. The van der Waals surface area contributed by atoms with Gasteiger partial charge in [0.2, 0.25) is 5.91 Å². The molecule has 2 heterocycles. The van der Waals surface area contributed by atoms with E-state index < -0.39 is 29.5 Å². The predicted octanol–water partition coefficient (Wildman–Crippen LogP) is 1.65. The summed E-state index contributed by atoms with van der Waals surface area (Å²) in [7, 11) is 0. The van der Waals surface area contributed by atoms with Gasteiger partial charge in [-0.1, -0.05) is 0 Å². The van der Waals surface area contributed by atoms with Crippen molar-refractivity contribution in [1.82, 2.24) is 15.6 Å². The van der Waals surface area contributed by atoms with Crippen molar-refractivity contribution in [2.45, 2.75) is 46.1 Å². The molecule has 1 aliphatic heterocycles. The monoisotopic (exact) mass is 387 g/mol. The van der Waals surface area contributed by atoms with Gasteiger partial charge in [-0.3, -0.25) is 9.59 Å². The first kappa shape index (κ1) is 20.0. The second-order valence-electron chi connectivity index (χ2n) is 7.15. The molecular weight excluding hydrogens is 364 g/mol. The van der Waals surface area contributed by atoms with Gasteiger partial charge in [-0.25, -0.2) is 8.78 Å². The van der Waals surface area contributed by atoms with Gasteiger partial charge in [0.05, 0.1) is 18.5 Å². The van der Waals surface area contributed by atoms with E-state index in [0.29, 0.717) is 16.5 Å². The summed E-state index contributed by atoms with van der Waals surface area (Å²) in [6, 6.07) is -0.620. The van der Waals surface area contributed by atoms with Crippen molar-refractivity contribution in [2.75, 3.05) is 0 Å². The summed E-state index contributed by atoms with van der Waals surface area (Å²) in [5, 5.41) is 7.40. The number of halogens is 2. The van der Waals surface area contributed by atoms with Crippen LogP contribution in [-0.2, 0) is 4.79 Å². The van der Waals surface area contributed by atoms with E-state index in [0.717, 1.165) is 22.6 Å². The third kappa shape index (κ3) is 3.66. The summed E-state index contributed by atoms with van der Waals surface area (Å²) < 4.78 is 27.1. The molecule has 28 heavy (non-hydrogen) atoms. The van der Waals surface area contributed by atoms with Gasteiger partial charge in [0.1, 0.15) is 11.7 Å². The van der Waals surface area contributed by atoms with Crippen LogP contribution in [0.5, 0.6) is 0 Å². The number of fused-ring (bicyclic) bond motifs is 1. The van der Waals surface area contributed by atoms with Crippen LogP contribution in [0.25, 0.3) is 11.8 Å². The molecule has 3 rings (SSSR count). The highest BCUT2D eigenvalue weighted by atomic mass is 19.1. The number of rotatable bonds is 4. The fraction of sp³-hybridized carbons (Fsp3) is 0.333. The first-order chi connectivity index (χ1) is 13.2. The van der Waals surface area contributed by atoms with Crippen LogP contribution in [0.15, 0.2) is 28.1 Å². The van der Waals surface area contributed by atoms with Gasteiger partial charge in [-0.2, -0.15) is 0 Å². The van der Waals surface area contributed by atoms with E-state index in [9.17, 15) is 18.4 Å². The Morgan fingerprint density at radius 2 is 1.96 bits per heavy atom.